The molecule has 1 amide bonds. The standard InChI is InChI=1S/C13H15N3O4S/c1-20-9(12(18)19)7-14-11(17)10-8-5-3-4-6-16(8)13(15-10)21-2/h3-6,9H,7H2,1-2H3,(H,14,17)(H,18,19). The molecule has 21 heavy (non-hydrogen) atoms. The molecule has 2 aromatic heterocycles. The highest BCUT2D eigenvalue weighted by molar-refractivity contribution is 7.98. The first kappa shape index (κ1) is 15.3. The van der Waals surface area contributed by atoms with Crippen LogP contribution in [0.15, 0.2) is 29.6 Å². The summed E-state index contributed by atoms with van der Waals surface area (Å²) in [7, 11) is 1.28. The number of hydrogen-bond acceptors (Lipinski definition) is 5. The van der Waals surface area contributed by atoms with Crippen molar-refractivity contribution in [3.05, 3.63) is 30.1 Å². The summed E-state index contributed by atoms with van der Waals surface area (Å²) in [5.74, 6) is -1.56. The van der Waals surface area contributed by atoms with Crippen LogP contribution in [0.3, 0.4) is 0 Å². The number of ether oxygens (including phenoxy) is 1. The van der Waals surface area contributed by atoms with Crippen molar-refractivity contribution in [2.45, 2.75) is 11.3 Å². The van der Waals surface area contributed by atoms with Gasteiger partial charge in [0.15, 0.2) is 17.0 Å². The van der Waals surface area contributed by atoms with Crippen molar-refractivity contribution < 1.29 is 19.4 Å². The Bertz CT molecular complexity index is 670. The van der Waals surface area contributed by atoms with Crippen LogP contribution < -0.4 is 5.32 Å². The van der Waals surface area contributed by atoms with Crippen molar-refractivity contribution in [3.63, 3.8) is 0 Å². The molecule has 2 aromatic rings. The second kappa shape index (κ2) is 6.59. The SMILES string of the molecule is COC(CNC(=O)c1nc(SC)n2ccccc12)C(=O)O. The second-order valence-corrected chi connectivity index (χ2v) is 4.95. The maximum atomic E-state index is 12.2. The Balaban J connectivity index is 2.22. The highest BCUT2D eigenvalue weighted by atomic mass is 32.2. The van der Waals surface area contributed by atoms with E-state index in [1.54, 1.807) is 6.07 Å². The Morgan fingerprint density at radius 1 is 1.52 bits per heavy atom. The number of aliphatic carboxylic acids is 1. The maximum absolute atomic E-state index is 12.2. The fraction of sp³-hybridized carbons (Fsp3) is 0.308. The smallest absolute Gasteiger partial charge is 0.334 e. The summed E-state index contributed by atoms with van der Waals surface area (Å²) in [6, 6.07) is 5.45. The third kappa shape index (κ3) is 3.17. The number of rotatable bonds is 6. The van der Waals surface area contributed by atoms with E-state index in [-0.39, 0.29) is 12.2 Å². The molecule has 0 aliphatic heterocycles. The number of hydrogen-bond donors (Lipinski definition) is 2. The average Bonchev–Trinajstić information content (AvgIpc) is 2.86. The first-order valence-corrected chi connectivity index (χ1v) is 7.35. The fourth-order valence-electron chi connectivity index (χ4n) is 1.86. The number of nitrogens with one attached hydrogen (secondary N) is 1. The summed E-state index contributed by atoms with van der Waals surface area (Å²) >= 11 is 1.42. The third-order valence-electron chi connectivity index (χ3n) is 2.92. The van der Waals surface area contributed by atoms with Crippen molar-refractivity contribution in [1.82, 2.24) is 14.7 Å². The van der Waals surface area contributed by atoms with Gasteiger partial charge in [-0.1, -0.05) is 17.8 Å². The van der Waals surface area contributed by atoms with E-state index in [1.165, 1.54) is 18.9 Å². The molecular weight excluding hydrogens is 294 g/mol. The van der Waals surface area contributed by atoms with E-state index < -0.39 is 18.0 Å². The van der Waals surface area contributed by atoms with Gasteiger partial charge in [-0.2, -0.15) is 0 Å². The van der Waals surface area contributed by atoms with Gasteiger partial charge in [0.25, 0.3) is 5.91 Å². The molecule has 2 heterocycles. The van der Waals surface area contributed by atoms with Crippen molar-refractivity contribution in [3.8, 4) is 0 Å². The highest BCUT2D eigenvalue weighted by Gasteiger charge is 2.21. The number of nitrogens with zero attached hydrogens (tertiary/aromatic N) is 2. The number of amides is 1. The molecule has 0 saturated carbocycles. The van der Waals surface area contributed by atoms with E-state index >= 15 is 0 Å². The predicted molar refractivity (Wildman–Crippen MR) is 77.7 cm³/mol. The van der Waals surface area contributed by atoms with E-state index in [4.69, 9.17) is 9.84 Å². The van der Waals surface area contributed by atoms with Crippen LogP contribution in [-0.2, 0) is 9.53 Å². The van der Waals surface area contributed by atoms with Gasteiger partial charge >= 0.3 is 5.97 Å². The number of fused-ring (bicyclic) bond motifs is 1. The minimum absolute atomic E-state index is 0.120. The summed E-state index contributed by atoms with van der Waals surface area (Å²) in [4.78, 5) is 27.3. The molecule has 1 unspecified atom stereocenters. The van der Waals surface area contributed by atoms with E-state index in [0.29, 0.717) is 10.7 Å². The van der Waals surface area contributed by atoms with Gasteiger partial charge in [-0.05, 0) is 18.4 Å². The van der Waals surface area contributed by atoms with E-state index in [1.807, 2.05) is 29.0 Å². The van der Waals surface area contributed by atoms with Gasteiger partial charge in [0.1, 0.15) is 0 Å². The van der Waals surface area contributed by atoms with Gasteiger partial charge in [-0.25, -0.2) is 9.78 Å². The molecule has 112 valence electrons. The molecule has 7 nitrogen and oxygen atoms in total. The third-order valence-corrected chi connectivity index (χ3v) is 3.57. The van der Waals surface area contributed by atoms with Gasteiger partial charge in [-0.15, -0.1) is 0 Å². The monoisotopic (exact) mass is 309 g/mol. The molecular formula is C13H15N3O4S. The lowest BCUT2D eigenvalue weighted by Gasteiger charge is -2.10. The molecule has 0 aliphatic carbocycles. The topological polar surface area (TPSA) is 92.9 Å². The number of imidazole rings is 1. The average molecular weight is 309 g/mol. The Labute approximate surface area is 125 Å². The number of carbonyl (C=O) groups is 2. The highest BCUT2D eigenvalue weighted by Crippen LogP contribution is 2.19. The van der Waals surface area contributed by atoms with Gasteiger partial charge in [0.2, 0.25) is 0 Å². The summed E-state index contributed by atoms with van der Waals surface area (Å²) in [5.41, 5.74) is 0.934. The Kier molecular flexibility index (Phi) is 4.81. The molecule has 0 fully saturated rings. The Morgan fingerprint density at radius 2 is 2.29 bits per heavy atom. The molecule has 0 aromatic carbocycles. The van der Waals surface area contributed by atoms with Gasteiger partial charge in [0, 0.05) is 13.3 Å². The normalized spacial score (nSPS) is 12.3. The fourth-order valence-corrected chi connectivity index (χ4v) is 2.40. The molecule has 2 rings (SSSR count). The van der Waals surface area contributed by atoms with Crippen molar-refractivity contribution >= 4 is 29.2 Å². The lowest BCUT2D eigenvalue weighted by Crippen LogP contribution is -2.38. The number of carbonyl (C=O) groups excluding carboxylic acids is 1. The van der Waals surface area contributed by atoms with Crippen LogP contribution in [0.5, 0.6) is 0 Å². The molecule has 2 N–H and O–H groups in total. The molecule has 0 radical (unpaired) electrons. The lowest BCUT2D eigenvalue weighted by molar-refractivity contribution is -0.148. The molecule has 0 saturated heterocycles. The zero-order chi connectivity index (χ0) is 15.4. The van der Waals surface area contributed by atoms with E-state index in [2.05, 4.69) is 10.3 Å². The van der Waals surface area contributed by atoms with Gasteiger partial charge in [0.05, 0.1) is 12.1 Å². The number of carboxylic acids is 1. The Hall–Kier alpha value is -2.06. The second-order valence-electron chi connectivity index (χ2n) is 4.18. The lowest BCUT2D eigenvalue weighted by atomic mass is 10.3. The van der Waals surface area contributed by atoms with Gasteiger partial charge in [-0.3, -0.25) is 9.20 Å². The number of aromatic nitrogens is 2. The summed E-state index contributed by atoms with van der Waals surface area (Å²) in [5, 5.41) is 12.1. The Morgan fingerprint density at radius 3 is 2.90 bits per heavy atom. The van der Waals surface area contributed by atoms with E-state index in [0.717, 1.165) is 0 Å². The summed E-state index contributed by atoms with van der Waals surface area (Å²) in [6.45, 7) is -0.120. The predicted octanol–water partition coefficient (Wildman–Crippen LogP) is 0.886. The molecule has 0 bridgehead atoms. The van der Waals surface area contributed by atoms with Crippen LogP contribution in [-0.4, -0.2) is 52.4 Å². The number of methoxy groups -OCH3 is 1. The van der Waals surface area contributed by atoms with E-state index in [9.17, 15) is 9.59 Å². The van der Waals surface area contributed by atoms with Crippen molar-refractivity contribution in [2.24, 2.45) is 0 Å². The van der Waals surface area contributed by atoms with Crippen molar-refractivity contribution in [2.75, 3.05) is 19.9 Å². The number of carboxylic acid groups (broad SMARTS) is 1. The van der Waals surface area contributed by atoms with Crippen LogP contribution in [0.25, 0.3) is 5.52 Å². The molecule has 0 aliphatic rings. The number of thioether (sulfide) groups is 1. The molecule has 8 heteroatoms. The minimum atomic E-state index is -1.13. The zero-order valence-electron chi connectivity index (χ0n) is 11.6. The quantitative estimate of drug-likeness (QED) is 0.770. The van der Waals surface area contributed by atoms with Crippen LogP contribution in [0, 0.1) is 0 Å². The maximum Gasteiger partial charge on any atom is 0.334 e. The van der Waals surface area contributed by atoms with Crippen LogP contribution >= 0.6 is 11.8 Å². The number of pyridine rings is 1. The summed E-state index contributed by atoms with van der Waals surface area (Å²) in [6.07, 6.45) is 2.61. The van der Waals surface area contributed by atoms with Crippen LogP contribution in [0.4, 0.5) is 0 Å². The first-order valence-electron chi connectivity index (χ1n) is 6.13. The minimum Gasteiger partial charge on any atom is -0.479 e. The largest absolute Gasteiger partial charge is 0.479 e. The van der Waals surface area contributed by atoms with Crippen LogP contribution in [0.2, 0.25) is 0 Å². The molecule has 1 atom stereocenters. The van der Waals surface area contributed by atoms with Crippen molar-refractivity contribution in [1.29, 1.82) is 0 Å². The summed E-state index contributed by atoms with van der Waals surface area (Å²) < 4.78 is 6.58. The molecule has 0 spiro atoms. The zero-order valence-corrected chi connectivity index (χ0v) is 12.4. The van der Waals surface area contributed by atoms with Gasteiger partial charge < -0.3 is 15.2 Å². The van der Waals surface area contributed by atoms with Crippen LogP contribution in [0.1, 0.15) is 10.5 Å². The first-order chi connectivity index (χ1) is 10.1.